The topological polar surface area (TPSA) is 64.3 Å². The number of rotatable bonds is 5. The molecule has 1 aliphatic heterocycles. The molecule has 5 nitrogen and oxygen atoms in total. The molecular formula is C16H28N4O. The molecule has 0 aromatic carbocycles. The number of hydrogen-bond acceptors (Lipinski definition) is 5. The van der Waals surface area contributed by atoms with E-state index in [0.29, 0.717) is 18.5 Å². The van der Waals surface area contributed by atoms with Crippen LogP contribution in [0.5, 0.6) is 5.88 Å². The number of hydrogen-bond donors (Lipinski definition) is 1. The second-order valence-corrected chi connectivity index (χ2v) is 6.20. The van der Waals surface area contributed by atoms with E-state index in [1.54, 1.807) is 0 Å². The lowest BCUT2D eigenvalue weighted by Gasteiger charge is -2.39. The van der Waals surface area contributed by atoms with Crippen molar-refractivity contribution in [2.75, 3.05) is 18.0 Å². The smallest absolute Gasteiger partial charge is 0.229 e. The van der Waals surface area contributed by atoms with Gasteiger partial charge in [0.25, 0.3) is 0 Å². The third-order valence-electron chi connectivity index (χ3n) is 4.11. The quantitative estimate of drug-likeness (QED) is 0.903. The first-order chi connectivity index (χ1) is 10.0. The molecule has 1 saturated heterocycles. The average Bonchev–Trinajstić information content (AvgIpc) is 2.45. The molecule has 2 heterocycles. The predicted octanol–water partition coefficient (Wildman–Crippen LogP) is 2.53. The number of ether oxygens (including phenoxy) is 1. The van der Waals surface area contributed by atoms with E-state index in [1.165, 1.54) is 12.8 Å². The van der Waals surface area contributed by atoms with E-state index >= 15 is 0 Å². The van der Waals surface area contributed by atoms with Crippen molar-refractivity contribution >= 4 is 5.95 Å². The summed E-state index contributed by atoms with van der Waals surface area (Å²) in [5, 5.41) is 0. The van der Waals surface area contributed by atoms with Crippen LogP contribution in [-0.2, 0) is 0 Å². The first-order valence-corrected chi connectivity index (χ1v) is 8.02. The van der Waals surface area contributed by atoms with Crippen molar-refractivity contribution < 1.29 is 4.74 Å². The number of nitrogens with two attached hydrogens (primary N) is 1. The van der Waals surface area contributed by atoms with E-state index in [1.807, 2.05) is 26.8 Å². The lowest BCUT2D eigenvalue weighted by atomic mass is 9.89. The van der Waals surface area contributed by atoms with Crippen LogP contribution in [0.4, 0.5) is 5.95 Å². The van der Waals surface area contributed by atoms with Gasteiger partial charge in [-0.25, -0.2) is 4.98 Å². The van der Waals surface area contributed by atoms with Crippen LogP contribution >= 0.6 is 0 Å². The van der Waals surface area contributed by atoms with Crippen molar-refractivity contribution in [1.82, 2.24) is 9.97 Å². The van der Waals surface area contributed by atoms with Gasteiger partial charge in [-0.2, -0.15) is 4.98 Å². The molecule has 0 saturated carbocycles. The summed E-state index contributed by atoms with van der Waals surface area (Å²) in [5.74, 6) is 2.18. The highest BCUT2D eigenvalue weighted by Crippen LogP contribution is 2.28. The standard InChI is InChI=1S/C16H28N4O/c1-5-13-6-7-20(14(9-13)10-17)16-18-12(4)8-15(19-16)21-11(2)3/h8,11,13-14H,5-7,9-10,17H2,1-4H3. The highest BCUT2D eigenvalue weighted by molar-refractivity contribution is 5.36. The van der Waals surface area contributed by atoms with E-state index in [2.05, 4.69) is 21.8 Å². The Bertz CT molecular complexity index is 464. The second kappa shape index (κ2) is 7.07. The molecule has 1 fully saturated rings. The van der Waals surface area contributed by atoms with Crippen LogP contribution in [0.25, 0.3) is 0 Å². The van der Waals surface area contributed by atoms with Crippen molar-refractivity contribution in [1.29, 1.82) is 0 Å². The van der Waals surface area contributed by atoms with Crippen molar-refractivity contribution in [2.45, 2.75) is 59.1 Å². The largest absolute Gasteiger partial charge is 0.475 e. The Kier molecular flexibility index (Phi) is 5.39. The fraction of sp³-hybridized carbons (Fsp3) is 0.750. The summed E-state index contributed by atoms with van der Waals surface area (Å²) in [4.78, 5) is 11.4. The lowest BCUT2D eigenvalue weighted by molar-refractivity contribution is 0.231. The van der Waals surface area contributed by atoms with E-state index in [9.17, 15) is 0 Å². The van der Waals surface area contributed by atoms with Crippen molar-refractivity contribution in [3.63, 3.8) is 0 Å². The molecule has 118 valence electrons. The summed E-state index contributed by atoms with van der Waals surface area (Å²) in [6, 6.07) is 2.22. The summed E-state index contributed by atoms with van der Waals surface area (Å²) in [7, 11) is 0. The van der Waals surface area contributed by atoms with Crippen LogP contribution in [0.2, 0.25) is 0 Å². The average molecular weight is 292 g/mol. The summed E-state index contributed by atoms with van der Waals surface area (Å²) < 4.78 is 5.73. The molecule has 1 aromatic rings. The van der Waals surface area contributed by atoms with Crippen LogP contribution in [-0.4, -0.2) is 35.2 Å². The van der Waals surface area contributed by atoms with E-state index in [4.69, 9.17) is 10.5 Å². The Labute approximate surface area is 127 Å². The number of anilines is 1. The predicted molar refractivity (Wildman–Crippen MR) is 85.7 cm³/mol. The summed E-state index contributed by atoms with van der Waals surface area (Å²) in [6.07, 6.45) is 3.65. The second-order valence-electron chi connectivity index (χ2n) is 6.20. The van der Waals surface area contributed by atoms with Crippen molar-refractivity contribution in [3.8, 4) is 5.88 Å². The minimum Gasteiger partial charge on any atom is -0.475 e. The van der Waals surface area contributed by atoms with Crippen molar-refractivity contribution in [3.05, 3.63) is 11.8 Å². The highest BCUT2D eigenvalue weighted by Gasteiger charge is 2.28. The number of nitrogens with zero attached hydrogens (tertiary/aromatic N) is 3. The van der Waals surface area contributed by atoms with Gasteiger partial charge in [0.1, 0.15) is 0 Å². The van der Waals surface area contributed by atoms with Gasteiger partial charge in [-0.15, -0.1) is 0 Å². The fourth-order valence-electron chi connectivity index (χ4n) is 2.95. The number of aryl methyl sites for hydroxylation is 1. The number of aromatic nitrogens is 2. The SMILES string of the molecule is CCC1CCN(c2nc(C)cc(OC(C)C)n2)C(CN)C1. The van der Waals surface area contributed by atoms with Gasteiger partial charge in [-0.3, -0.25) is 0 Å². The van der Waals surface area contributed by atoms with Gasteiger partial charge in [0.05, 0.1) is 6.10 Å². The molecule has 5 heteroatoms. The maximum absolute atomic E-state index is 5.98. The summed E-state index contributed by atoms with van der Waals surface area (Å²) >= 11 is 0. The Hall–Kier alpha value is -1.36. The van der Waals surface area contributed by atoms with Crippen LogP contribution in [0.1, 0.15) is 45.7 Å². The van der Waals surface area contributed by atoms with Gasteiger partial charge in [0.15, 0.2) is 0 Å². The highest BCUT2D eigenvalue weighted by atomic mass is 16.5. The monoisotopic (exact) mass is 292 g/mol. The molecule has 2 rings (SSSR count). The van der Waals surface area contributed by atoms with Crippen LogP contribution < -0.4 is 15.4 Å². The third kappa shape index (κ3) is 4.06. The van der Waals surface area contributed by atoms with E-state index < -0.39 is 0 Å². The molecule has 1 aromatic heterocycles. The zero-order valence-corrected chi connectivity index (χ0v) is 13.7. The van der Waals surface area contributed by atoms with Crippen LogP contribution in [0.15, 0.2) is 6.07 Å². The fourth-order valence-corrected chi connectivity index (χ4v) is 2.95. The lowest BCUT2D eigenvalue weighted by Crippen LogP contribution is -2.47. The molecule has 21 heavy (non-hydrogen) atoms. The Morgan fingerprint density at radius 1 is 1.43 bits per heavy atom. The first kappa shape index (κ1) is 16.0. The molecule has 2 unspecified atom stereocenters. The Morgan fingerprint density at radius 3 is 2.81 bits per heavy atom. The van der Waals surface area contributed by atoms with Gasteiger partial charge in [0.2, 0.25) is 11.8 Å². The number of piperidine rings is 1. The molecule has 1 aliphatic rings. The molecule has 0 bridgehead atoms. The first-order valence-electron chi connectivity index (χ1n) is 8.02. The molecule has 0 amide bonds. The molecule has 0 radical (unpaired) electrons. The van der Waals surface area contributed by atoms with Gasteiger partial charge < -0.3 is 15.4 Å². The van der Waals surface area contributed by atoms with Crippen molar-refractivity contribution in [2.24, 2.45) is 11.7 Å². The van der Waals surface area contributed by atoms with Crippen LogP contribution in [0, 0.1) is 12.8 Å². The van der Waals surface area contributed by atoms with Crippen LogP contribution in [0.3, 0.4) is 0 Å². The van der Waals surface area contributed by atoms with E-state index in [0.717, 1.165) is 30.5 Å². The molecule has 2 atom stereocenters. The van der Waals surface area contributed by atoms with Gasteiger partial charge >= 0.3 is 0 Å². The minimum absolute atomic E-state index is 0.114. The van der Waals surface area contributed by atoms with Gasteiger partial charge in [-0.1, -0.05) is 13.3 Å². The third-order valence-corrected chi connectivity index (χ3v) is 4.11. The van der Waals surface area contributed by atoms with E-state index in [-0.39, 0.29) is 6.10 Å². The summed E-state index contributed by atoms with van der Waals surface area (Å²) in [6.45, 7) is 9.87. The normalized spacial score (nSPS) is 22.7. The molecule has 2 N–H and O–H groups in total. The zero-order chi connectivity index (χ0) is 15.4. The van der Waals surface area contributed by atoms with Gasteiger partial charge in [-0.05, 0) is 39.5 Å². The maximum Gasteiger partial charge on any atom is 0.229 e. The molecular weight excluding hydrogens is 264 g/mol. The maximum atomic E-state index is 5.98. The Balaban J connectivity index is 2.21. The zero-order valence-electron chi connectivity index (χ0n) is 13.7. The summed E-state index contributed by atoms with van der Waals surface area (Å²) in [5.41, 5.74) is 6.91. The molecule has 0 spiro atoms. The van der Waals surface area contributed by atoms with Gasteiger partial charge in [0, 0.05) is 30.9 Å². The molecule has 0 aliphatic carbocycles. The minimum atomic E-state index is 0.114. The Morgan fingerprint density at radius 2 is 2.19 bits per heavy atom.